The molecule has 0 saturated carbocycles. The van der Waals surface area contributed by atoms with Gasteiger partial charge in [-0.05, 0) is 54.1 Å². The number of nitrogens with two attached hydrogens (primary N) is 1. The van der Waals surface area contributed by atoms with Gasteiger partial charge in [0.05, 0.1) is 26.4 Å². The number of primary sulfonamides is 1. The summed E-state index contributed by atoms with van der Waals surface area (Å²) in [6, 6.07) is 16.7. The number of nitrogens with zero attached hydrogens (tertiary/aromatic N) is 2. The summed E-state index contributed by atoms with van der Waals surface area (Å²) in [7, 11) is -3.81. The number of aliphatic hydroxyl groups excluding tert-OH is 1. The van der Waals surface area contributed by atoms with Crippen LogP contribution in [0.1, 0.15) is 10.4 Å². The molecule has 3 N–H and O–H groups in total. The summed E-state index contributed by atoms with van der Waals surface area (Å²) < 4.78 is 23.7. The lowest BCUT2D eigenvalue weighted by Crippen LogP contribution is -2.33. The van der Waals surface area contributed by atoms with Crippen molar-refractivity contribution in [3.8, 4) is 0 Å². The Morgan fingerprint density at radius 1 is 1.00 bits per heavy atom. The summed E-state index contributed by atoms with van der Waals surface area (Å²) in [6.45, 7) is 0.269. The van der Waals surface area contributed by atoms with E-state index >= 15 is 0 Å². The van der Waals surface area contributed by atoms with Gasteiger partial charge in [-0.25, -0.2) is 18.5 Å². The summed E-state index contributed by atoms with van der Waals surface area (Å²) in [5.41, 5.74) is 2.51. The van der Waals surface area contributed by atoms with Crippen LogP contribution < -0.4 is 10.0 Å². The summed E-state index contributed by atoms with van der Waals surface area (Å²) in [5.74, 6) is -0.0606. The molecule has 154 valence electrons. The molecular weight excluding hydrogens is 465 g/mol. The number of sulfonamides is 1. The van der Waals surface area contributed by atoms with Gasteiger partial charge < -0.3 is 10.0 Å². The van der Waals surface area contributed by atoms with Crippen molar-refractivity contribution in [1.82, 2.24) is 0 Å². The molecule has 0 spiro atoms. The fourth-order valence-corrected chi connectivity index (χ4v) is 4.68. The van der Waals surface area contributed by atoms with E-state index in [1.54, 1.807) is 41.3 Å². The largest absolute Gasteiger partial charge is 0.493 e. The van der Waals surface area contributed by atoms with E-state index < -0.39 is 10.0 Å². The fourth-order valence-electron chi connectivity index (χ4n) is 3.01. The summed E-state index contributed by atoms with van der Waals surface area (Å²) in [6.07, 6.45) is 0. The highest BCUT2D eigenvalue weighted by Crippen LogP contribution is 2.35. The van der Waals surface area contributed by atoms with Crippen molar-refractivity contribution >= 4 is 61.7 Å². The van der Waals surface area contributed by atoms with E-state index in [1.807, 2.05) is 12.1 Å². The van der Waals surface area contributed by atoms with Crippen LogP contribution in [0.2, 0.25) is 9.36 Å². The Morgan fingerprint density at radius 2 is 1.67 bits per heavy atom. The van der Waals surface area contributed by atoms with Crippen molar-refractivity contribution in [2.75, 3.05) is 11.4 Å². The number of anilines is 1. The second kappa shape index (κ2) is 8.05. The molecule has 0 saturated heterocycles. The van der Waals surface area contributed by atoms with Crippen LogP contribution in [0.3, 0.4) is 0 Å². The van der Waals surface area contributed by atoms with E-state index in [9.17, 15) is 13.5 Å². The van der Waals surface area contributed by atoms with Gasteiger partial charge in [0.1, 0.15) is 5.70 Å². The van der Waals surface area contributed by atoms with Gasteiger partial charge in [0.15, 0.2) is 0 Å². The number of halogens is 2. The number of thiophene rings is 1. The van der Waals surface area contributed by atoms with Gasteiger partial charge in [-0.3, -0.25) is 0 Å². The predicted octanol–water partition coefficient (Wildman–Crippen LogP) is 4.90. The summed E-state index contributed by atoms with van der Waals surface area (Å²) >= 11 is 13.4. The standard InChI is InChI=1S/C20H15Cl2N3O3S2/c21-13-3-1-12(2-4-13)16-11-25(14-5-7-15(8-6-14)30(23,27)28)20(26)19(24-16)17-9-10-18(22)29-17/h1-10,26H,11H2,(H2,23,27,28). The Hall–Kier alpha value is -2.36. The van der Waals surface area contributed by atoms with Crippen molar-refractivity contribution in [2.45, 2.75) is 4.90 Å². The molecule has 1 aliphatic rings. The van der Waals surface area contributed by atoms with Crippen LogP contribution in [0.15, 0.2) is 76.4 Å². The van der Waals surface area contributed by atoms with Crippen molar-refractivity contribution in [3.05, 3.63) is 86.3 Å². The fraction of sp³-hybridized carbons (Fsp3) is 0.0500. The maximum atomic E-state index is 11.6. The smallest absolute Gasteiger partial charge is 0.238 e. The van der Waals surface area contributed by atoms with Gasteiger partial charge in [0.2, 0.25) is 15.9 Å². The first-order valence-corrected chi connectivity index (χ1v) is 11.8. The third kappa shape index (κ3) is 4.23. The maximum Gasteiger partial charge on any atom is 0.238 e. The van der Waals surface area contributed by atoms with Crippen LogP contribution >= 0.6 is 34.5 Å². The third-order valence-corrected chi connectivity index (χ3v) is 6.90. The molecule has 2 heterocycles. The minimum atomic E-state index is -3.81. The molecule has 0 atom stereocenters. The molecule has 0 radical (unpaired) electrons. The second-order valence-electron chi connectivity index (χ2n) is 6.47. The SMILES string of the molecule is NS(=O)(=O)c1ccc(N2CC(c3ccc(Cl)cc3)=NC(c3ccc(Cl)s3)=C2O)cc1. The van der Waals surface area contributed by atoms with Crippen molar-refractivity contribution < 1.29 is 13.5 Å². The average molecular weight is 480 g/mol. The molecule has 10 heteroatoms. The molecule has 3 aromatic rings. The molecule has 6 nitrogen and oxygen atoms in total. The zero-order valence-corrected chi connectivity index (χ0v) is 18.4. The van der Waals surface area contributed by atoms with Crippen molar-refractivity contribution in [1.29, 1.82) is 0 Å². The minimum absolute atomic E-state index is 0.0106. The maximum absolute atomic E-state index is 11.6. The highest BCUT2D eigenvalue weighted by Gasteiger charge is 2.26. The average Bonchev–Trinajstić information content (AvgIpc) is 3.14. The van der Waals surface area contributed by atoms with Crippen LogP contribution in [-0.4, -0.2) is 25.8 Å². The molecule has 0 unspecified atom stereocenters. The van der Waals surface area contributed by atoms with Gasteiger partial charge in [-0.2, -0.15) is 0 Å². The predicted molar refractivity (Wildman–Crippen MR) is 122 cm³/mol. The first kappa shape index (κ1) is 20.9. The molecule has 30 heavy (non-hydrogen) atoms. The molecule has 0 fully saturated rings. The zero-order valence-electron chi connectivity index (χ0n) is 15.3. The van der Waals surface area contributed by atoms with Crippen molar-refractivity contribution in [3.63, 3.8) is 0 Å². The molecule has 1 aliphatic heterocycles. The van der Waals surface area contributed by atoms with Crippen LogP contribution in [0, 0.1) is 0 Å². The summed E-state index contributed by atoms with van der Waals surface area (Å²) in [5, 5.41) is 16.8. The normalized spacial score (nSPS) is 14.8. The van der Waals surface area contributed by atoms with Gasteiger partial charge >= 0.3 is 0 Å². The van der Waals surface area contributed by atoms with Crippen molar-refractivity contribution in [2.24, 2.45) is 10.1 Å². The molecule has 4 rings (SSSR count). The molecule has 2 aromatic carbocycles. The number of rotatable bonds is 4. The van der Waals surface area contributed by atoms with E-state index in [0.717, 1.165) is 5.56 Å². The lowest BCUT2D eigenvalue weighted by Gasteiger charge is -2.29. The van der Waals surface area contributed by atoms with Crippen LogP contribution in [0.4, 0.5) is 5.69 Å². The molecule has 1 aromatic heterocycles. The number of hydrogen-bond donors (Lipinski definition) is 2. The molecular formula is C20H15Cl2N3O3S2. The Labute approximate surface area is 187 Å². The van der Waals surface area contributed by atoms with E-state index in [2.05, 4.69) is 4.99 Å². The minimum Gasteiger partial charge on any atom is -0.493 e. The van der Waals surface area contributed by atoms with E-state index in [-0.39, 0.29) is 17.3 Å². The van der Waals surface area contributed by atoms with Gasteiger partial charge in [-0.1, -0.05) is 35.3 Å². The quantitative estimate of drug-likeness (QED) is 0.556. The Bertz CT molecular complexity index is 1270. The first-order valence-electron chi connectivity index (χ1n) is 8.65. The van der Waals surface area contributed by atoms with Crippen LogP contribution in [0.5, 0.6) is 0 Å². The monoisotopic (exact) mass is 479 g/mol. The molecule has 0 amide bonds. The molecule has 0 aliphatic carbocycles. The van der Waals surface area contributed by atoms with E-state index in [4.69, 9.17) is 28.3 Å². The summed E-state index contributed by atoms with van der Waals surface area (Å²) in [4.78, 5) is 7.01. The number of aliphatic imine (C=N–C) groups is 1. The van der Waals surface area contributed by atoms with Crippen LogP contribution in [0.25, 0.3) is 5.70 Å². The lowest BCUT2D eigenvalue weighted by atomic mass is 10.1. The van der Waals surface area contributed by atoms with Gasteiger partial charge in [0, 0.05) is 10.7 Å². The Kier molecular flexibility index (Phi) is 5.61. The first-order chi connectivity index (χ1) is 14.2. The Balaban J connectivity index is 1.81. The van der Waals surface area contributed by atoms with Gasteiger partial charge in [0.25, 0.3) is 0 Å². The van der Waals surface area contributed by atoms with Gasteiger partial charge in [-0.15, -0.1) is 11.3 Å². The number of hydrogen-bond acceptors (Lipinski definition) is 6. The van der Waals surface area contributed by atoms with E-state index in [0.29, 0.717) is 31.3 Å². The lowest BCUT2D eigenvalue weighted by molar-refractivity contribution is 0.395. The Morgan fingerprint density at radius 3 is 2.23 bits per heavy atom. The van der Waals surface area contributed by atoms with Crippen LogP contribution in [-0.2, 0) is 10.0 Å². The highest BCUT2D eigenvalue weighted by molar-refractivity contribution is 7.89. The number of aliphatic hydroxyl groups is 1. The molecule has 0 bridgehead atoms. The second-order valence-corrected chi connectivity index (χ2v) is 10.2. The topological polar surface area (TPSA) is 96.0 Å². The third-order valence-electron chi connectivity index (χ3n) is 4.48. The van der Waals surface area contributed by atoms with E-state index in [1.165, 1.54) is 23.5 Å². The number of benzene rings is 2. The highest BCUT2D eigenvalue weighted by atomic mass is 35.5. The zero-order chi connectivity index (χ0) is 21.5.